The van der Waals surface area contributed by atoms with Gasteiger partial charge in [0.2, 0.25) is 0 Å². The van der Waals surface area contributed by atoms with Crippen molar-refractivity contribution in [3.63, 3.8) is 0 Å². The largest absolute Gasteiger partial charge is 0.383 e. The maximum atomic E-state index is 11.3. The SMILES string of the molecule is COCCN(C)c1ccc2c(c1)NC(=O)C2O. The van der Waals surface area contributed by atoms with Crippen LogP contribution in [0.5, 0.6) is 0 Å². The Morgan fingerprint density at radius 1 is 1.53 bits per heavy atom. The third-order valence-electron chi connectivity index (χ3n) is 2.91. The molecule has 0 radical (unpaired) electrons. The van der Waals surface area contributed by atoms with Crippen molar-refractivity contribution in [3.05, 3.63) is 23.8 Å². The molecule has 1 aliphatic heterocycles. The number of hydrogen-bond acceptors (Lipinski definition) is 4. The molecule has 0 aromatic heterocycles. The van der Waals surface area contributed by atoms with Crippen LogP contribution in [0.1, 0.15) is 11.7 Å². The summed E-state index contributed by atoms with van der Waals surface area (Å²) >= 11 is 0. The highest BCUT2D eigenvalue weighted by atomic mass is 16.5. The summed E-state index contributed by atoms with van der Waals surface area (Å²) in [5.74, 6) is -0.364. The molecule has 1 amide bonds. The van der Waals surface area contributed by atoms with E-state index in [9.17, 15) is 9.90 Å². The highest BCUT2D eigenvalue weighted by molar-refractivity contribution is 6.02. The lowest BCUT2D eigenvalue weighted by Crippen LogP contribution is -2.21. The maximum absolute atomic E-state index is 11.3. The van der Waals surface area contributed by atoms with Crippen LogP contribution in [0.2, 0.25) is 0 Å². The number of methoxy groups -OCH3 is 1. The number of nitrogens with zero attached hydrogens (tertiary/aromatic N) is 1. The van der Waals surface area contributed by atoms with Gasteiger partial charge in [-0.05, 0) is 12.1 Å². The zero-order chi connectivity index (χ0) is 12.4. The molecule has 2 N–H and O–H groups in total. The number of anilines is 2. The Morgan fingerprint density at radius 3 is 3.00 bits per heavy atom. The van der Waals surface area contributed by atoms with Crippen LogP contribution < -0.4 is 10.2 Å². The minimum Gasteiger partial charge on any atom is -0.383 e. The molecular formula is C12H16N2O3. The minimum atomic E-state index is -1.04. The molecule has 92 valence electrons. The summed E-state index contributed by atoms with van der Waals surface area (Å²) in [5, 5.41) is 12.2. The second-order valence-corrected chi connectivity index (χ2v) is 4.08. The summed E-state index contributed by atoms with van der Waals surface area (Å²) in [6, 6.07) is 5.52. The van der Waals surface area contributed by atoms with E-state index in [-0.39, 0.29) is 5.91 Å². The second kappa shape index (κ2) is 4.73. The Balaban J connectivity index is 2.18. The Hall–Kier alpha value is -1.59. The fraction of sp³-hybridized carbons (Fsp3) is 0.417. The highest BCUT2D eigenvalue weighted by Gasteiger charge is 2.28. The van der Waals surface area contributed by atoms with E-state index in [1.807, 2.05) is 24.1 Å². The van der Waals surface area contributed by atoms with Gasteiger partial charge in [-0.1, -0.05) is 6.07 Å². The van der Waals surface area contributed by atoms with Crippen molar-refractivity contribution >= 4 is 17.3 Å². The standard InChI is InChI=1S/C12H16N2O3/c1-14(5-6-17-2)8-3-4-9-10(7-8)13-12(16)11(9)15/h3-4,7,11,15H,5-6H2,1-2H3,(H,13,16). The lowest BCUT2D eigenvalue weighted by Gasteiger charge is -2.19. The van der Waals surface area contributed by atoms with Crippen molar-refractivity contribution in [2.24, 2.45) is 0 Å². The van der Waals surface area contributed by atoms with Crippen molar-refractivity contribution < 1.29 is 14.6 Å². The Bertz CT molecular complexity index is 434. The first-order valence-corrected chi connectivity index (χ1v) is 5.46. The summed E-state index contributed by atoms with van der Waals surface area (Å²) in [7, 11) is 3.61. The summed E-state index contributed by atoms with van der Waals surface area (Å²) in [5.41, 5.74) is 2.30. The van der Waals surface area contributed by atoms with Crippen molar-refractivity contribution in [1.29, 1.82) is 0 Å². The zero-order valence-corrected chi connectivity index (χ0v) is 9.93. The molecule has 0 spiro atoms. The van der Waals surface area contributed by atoms with Crippen LogP contribution in [-0.4, -0.2) is 38.3 Å². The first-order valence-electron chi connectivity index (χ1n) is 5.46. The van der Waals surface area contributed by atoms with Gasteiger partial charge in [-0.2, -0.15) is 0 Å². The highest BCUT2D eigenvalue weighted by Crippen LogP contribution is 2.33. The van der Waals surface area contributed by atoms with Crippen LogP contribution in [0.3, 0.4) is 0 Å². The molecule has 1 aromatic carbocycles. The van der Waals surface area contributed by atoms with Gasteiger partial charge in [0, 0.05) is 37.6 Å². The van der Waals surface area contributed by atoms with E-state index in [0.717, 1.165) is 12.2 Å². The van der Waals surface area contributed by atoms with Gasteiger partial charge < -0.3 is 20.1 Å². The molecule has 1 unspecified atom stereocenters. The van der Waals surface area contributed by atoms with Gasteiger partial charge in [0.15, 0.2) is 6.10 Å². The summed E-state index contributed by atoms with van der Waals surface area (Å²) in [6.07, 6.45) is -1.04. The van der Waals surface area contributed by atoms with E-state index < -0.39 is 6.10 Å². The number of aliphatic hydroxyl groups is 1. The van der Waals surface area contributed by atoms with E-state index in [4.69, 9.17) is 4.74 Å². The number of ether oxygens (including phenoxy) is 1. The van der Waals surface area contributed by atoms with Gasteiger partial charge in [0.25, 0.3) is 5.91 Å². The minimum absolute atomic E-state index is 0.364. The number of aliphatic hydroxyl groups excluding tert-OH is 1. The number of amides is 1. The second-order valence-electron chi connectivity index (χ2n) is 4.08. The number of rotatable bonds is 4. The number of hydrogen-bond donors (Lipinski definition) is 2. The molecule has 1 aromatic rings. The average Bonchev–Trinajstić information content (AvgIpc) is 2.61. The molecule has 1 atom stereocenters. The fourth-order valence-corrected chi connectivity index (χ4v) is 1.83. The summed E-state index contributed by atoms with van der Waals surface area (Å²) in [6.45, 7) is 1.41. The van der Waals surface area contributed by atoms with Gasteiger partial charge in [0.1, 0.15) is 0 Å². The van der Waals surface area contributed by atoms with Crippen molar-refractivity contribution in [2.75, 3.05) is 37.5 Å². The number of fused-ring (bicyclic) bond motifs is 1. The van der Waals surface area contributed by atoms with Crippen LogP contribution >= 0.6 is 0 Å². The molecule has 17 heavy (non-hydrogen) atoms. The number of benzene rings is 1. The predicted molar refractivity (Wildman–Crippen MR) is 65.2 cm³/mol. The van der Waals surface area contributed by atoms with Gasteiger partial charge in [0.05, 0.1) is 6.61 Å². The van der Waals surface area contributed by atoms with Crippen LogP contribution in [0.25, 0.3) is 0 Å². The van der Waals surface area contributed by atoms with Gasteiger partial charge >= 0.3 is 0 Å². The quantitative estimate of drug-likeness (QED) is 0.810. The van der Waals surface area contributed by atoms with E-state index in [1.54, 1.807) is 13.2 Å². The molecule has 0 fully saturated rings. The lowest BCUT2D eigenvalue weighted by atomic mass is 10.1. The van der Waals surface area contributed by atoms with E-state index in [1.165, 1.54) is 0 Å². The molecular weight excluding hydrogens is 220 g/mol. The van der Waals surface area contributed by atoms with Crippen LogP contribution in [0.4, 0.5) is 11.4 Å². The van der Waals surface area contributed by atoms with Crippen LogP contribution in [-0.2, 0) is 9.53 Å². The normalized spacial score (nSPS) is 17.8. The number of likely N-dealkylation sites (N-methyl/N-ethyl adjacent to an activating group) is 1. The van der Waals surface area contributed by atoms with Gasteiger partial charge in [-0.3, -0.25) is 4.79 Å². The number of carbonyl (C=O) groups excluding carboxylic acids is 1. The molecule has 0 bridgehead atoms. The Labute approximate surface area is 100.0 Å². The molecule has 0 saturated carbocycles. The smallest absolute Gasteiger partial charge is 0.257 e. The first-order chi connectivity index (χ1) is 8.13. The average molecular weight is 236 g/mol. The molecule has 0 saturated heterocycles. The Morgan fingerprint density at radius 2 is 2.29 bits per heavy atom. The first kappa shape index (κ1) is 11.9. The van der Waals surface area contributed by atoms with Crippen molar-refractivity contribution in [3.8, 4) is 0 Å². The maximum Gasteiger partial charge on any atom is 0.257 e. The predicted octanol–water partition coefficient (Wildman–Crippen LogP) is 0.755. The molecule has 1 heterocycles. The van der Waals surface area contributed by atoms with E-state index in [2.05, 4.69) is 5.32 Å². The van der Waals surface area contributed by atoms with E-state index in [0.29, 0.717) is 17.9 Å². The topological polar surface area (TPSA) is 61.8 Å². The van der Waals surface area contributed by atoms with Gasteiger partial charge in [-0.15, -0.1) is 0 Å². The summed E-state index contributed by atoms with van der Waals surface area (Å²) < 4.78 is 5.01. The van der Waals surface area contributed by atoms with Crippen molar-refractivity contribution in [1.82, 2.24) is 0 Å². The molecule has 5 heteroatoms. The summed E-state index contributed by atoms with van der Waals surface area (Å²) in [4.78, 5) is 13.3. The third kappa shape index (κ3) is 2.25. The van der Waals surface area contributed by atoms with Crippen LogP contribution in [0.15, 0.2) is 18.2 Å². The monoisotopic (exact) mass is 236 g/mol. The lowest BCUT2D eigenvalue weighted by molar-refractivity contribution is -0.123. The van der Waals surface area contributed by atoms with Crippen LogP contribution in [0, 0.1) is 0 Å². The number of carbonyl (C=O) groups is 1. The van der Waals surface area contributed by atoms with Gasteiger partial charge in [-0.25, -0.2) is 0 Å². The van der Waals surface area contributed by atoms with E-state index >= 15 is 0 Å². The Kier molecular flexibility index (Phi) is 3.31. The molecule has 2 rings (SSSR count). The van der Waals surface area contributed by atoms with Crippen molar-refractivity contribution in [2.45, 2.75) is 6.10 Å². The molecule has 5 nitrogen and oxygen atoms in total. The molecule has 0 aliphatic carbocycles. The molecule has 1 aliphatic rings. The third-order valence-corrected chi connectivity index (χ3v) is 2.91. The fourth-order valence-electron chi connectivity index (χ4n) is 1.83. The zero-order valence-electron chi connectivity index (χ0n) is 9.93. The number of nitrogens with one attached hydrogen (secondary N) is 1.